The molecule has 16 heavy (non-hydrogen) atoms. The van der Waals surface area contributed by atoms with Crippen LogP contribution in [-0.4, -0.2) is 13.4 Å². The summed E-state index contributed by atoms with van der Waals surface area (Å²) >= 11 is 3.36. The van der Waals surface area contributed by atoms with Gasteiger partial charge in [0.2, 0.25) is 0 Å². The van der Waals surface area contributed by atoms with Crippen molar-refractivity contribution in [2.45, 2.75) is 0 Å². The Labute approximate surface area is 101 Å². The fraction of sp³-hybridized carbons (Fsp3) is 0.0833. The van der Waals surface area contributed by atoms with Gasteiger partial charge in [0.25, 0.3) is 0 Å². The Morgan fingerprint density at radius 3 is 2.75 bits per heavy atom. The maximum atomic E-state index is 11.0. The standard InChI is InChI=1S/C12H9BrO3/c1-15-9-2-3-10(8(6-9)7-14)12-11(13)4-5-16-12/h2-7H,1H3. The Morgan fingerprint density at radius 1 is 1.38 bits per heavy atom. The van der Waals surface area contributed by atoms with Crippen LogP contribution in [0.3, 0.4) is 0 Å². The van der Waals surface area contributed by atoms with Crippen LogP contribution in [0.2, 0.25) is 0 Å². The smallest absolute Gasteiger partial charge is 0.150 e. The predicted molar refractivity (Wildman–Crippen MR) is 63.8 cm³/mol. The second-order valence-corrected chi connectivity index (χ2v) is 4.02. The summed E-state index contributed by atoms with van der Waals surface area (Å²) < 4.78 is 11.2. The highest BCUT2D eigenvalue weighted by Gasteiger charge is 2.12. The van der Waals surface area contributed by atoms with Gasteiger partial charge < -0.3 is 9.15 Å². The Morgan fingerprint density at radius 2 is 2.19 bits per heavy atom. The lowest BCUT2D eigenvalue weighted by Gasteiger charge is -2.05. The van der Waals surface area contributed by atoms with Crippen molar-refractivity contribution in [1.82, 2.24) is 0 Å². The van der Waals surface area contributed by atoms with Crippen molar-refractivity contribution in [3.05, 3.63) is 40.6 Å². The van der Waals surface area contributed by atoms with Crippen LogP contribution in [0, 0.1) is 0 Å². The molecule has 0 unspecified atom stereocenters. The highest BCUT2D eigenvalue weighted by atomic mass is 79.9. The van der Waals surface area contributed by atoms with Crippen LogP contribution in [0.1, 0.15) is 10.4 Å². The lowest BCUT2D eigenvalue weighted by Crippen LogP contribution is -1.90. The van der Waals surface area contributed by atoms with Gasteiger partial charge in [-0.25, -0.2) is 0 Å². The zero-order valence-electron chi connectivity index (χ0n) is 8.57. The maximum Gasteiger partial charge on any atom is 0.150 e. The fourth-order valence-corrected chi connectivity index (χ4v) is 1.87. The van der Waals surface area contributed by atoms with Crippen molar-refractivity contribution in [2.24, 2.45) is 0 Å². The van der Waals surface area contributed by atoms with Gasteiger partial charge in [-0.05, 0) is 40.2 Å². The number of ether oxygens (including phenoxy) is 1. The molecule has 0 aliphatic rings. The molecule has 82 valence electrons. The SMILES string of the molecule is COc1ccc(-c2occc2Br)c(C=O)c1. The summed E-state index contributed by atoms with van der Waals surface area (Å²) in [5, 5.41) is 0. The van der Waals surface area contributed by atoms with E-state index in [1.165, 1.54) is 0 Å². The summed E-state index contributed by atoms with van der Waals surface area (Å²) in [5.41, 5.74) is 1.28. The molecule has 0 atom stereocenters. The molecule has 0 radical (unpaired) electrons. The third-order valence-electron chi connectivity index (χ3n) is 2.25. The highest BCUT2D eigenvalue weighted by molar-refractivity contribution is 9.10. The van der Waals surface area contributed by atoms with E-state index in [1.54, 1.807) is 37.6 Å². The second-order valence-electron chi connectivity index (χ2n) is 3.17. The van der Waals surface area contributed by atoms with Gasteiger partial charge in [-0.2, -0.15) is 0 Å². The van der Waals surface area contributed by atoms with Crippen molar-refractivity contribution >= 4 is 22.2 Å². The Balaban J connectivity index is 2.57. The largest absolute Gasteiger partial charge is 0.497 e. The molecule has 3 nitrogen and oxygen atoms in total. The van der Waals surface area contributed by atoms with E-state index in [0.29, 0.717) is 17.1 Å². The molecule has 0 amide bonds. The van der Waals surface area contributed by atoms with Gasteiger partial charge in [0.1, 0.15) is 11.5 Å². The summed E-state index contributed by atoms with van der Waals surface area (Å²) in [6.45, 7) is 0. The minimum atomic E-state index is 0.537. The van der Waals surface area contributed by atoms with Crippen LogP contribution in [0.25, 0.3) is 11.3 Å². The van der Waals surface area contributed by atoms with E-state index in [-0.39, 0.29) is 0 Å². The molecule has 0 bridgehead atoms. The van der Waals surface area contributed by atoms with Crippen LogP contribution in [0.15, 0.2) is 39.4 Å². The summed E-state index contributed by atoms with van der Waals surface area (Å²) in [6.07, 6.45) is 2.35. The number of halogens is 1. The molecule has 1 aromatic heterocycles. The van der Waals surface area contributed by atoms with Crippen molar-refractivity contribution in [3.8, 4) is 17.1 Å². The number of rotatable bonds is 3. The number of benzene rings is 1. The van der Waals surface area contributed by atoms with E-state index in [1.807, 2.05) is 0 Å². The third-order valence-corrected chi connectivity index (χ3v) is 2.87. The molecule has 1 heterocycles. The molecule has 0 aliphatic carbocycles. The molecule has 0 saturated heterocycles. The number of hydrogen-bond acceptors (Lipinski definition) is 3. The minimum Gasteiger partial charge on any atom is -0.497 e. The monoisotopic (exact) mass is 280 g/mol. The summed E-state index contributed by atoms with van der Waals surface area (Å²) in [5.74, 6) is 1.29. The average molecular weight is 281 g/mol. The Hall–Kier alpha value is -1.55. The third kappa shape index (κ3) is 1.88. The van der Waals surface area contributed by atoms with E-state index < -0.39 is 0 Å². The van der Waals surface area contributed by atoms with Crippen LogP contribution in [0.5, 0.6) is 5.75 Å². The van der Waals surface area contributed by atoms with Crippen molar-refractivity contribution < 1.29 is 13.9 Å². The number of aldehydes is 1. The van der Waals surface area contributed by atoms with Gasteiger partial charge in [-0.3, -0.25) is 4.79 Å². The molecule has 4 heteroatoms. The first-order valence-corrected chi connectivity index (χ1v) is 5.42. The molecular weight excluding hydrogens is 272 g/mol. The van der Waals surface area contributed by atoms with Crippen LogP contribution < -0.4 is 4.74 Å². The van der Waals surface area contributed by atoms with Crippen LogP contribution in [0.4, 0.5) is 0 Å². The van der Waals surface area contributed by atoms with Gasteiger partial charge in [-0.1, -0.05) is 0 Å². The zero-order chi connectivity index (χ0) is 11.5. The number of carbonyl (C=O) groups excluding carboxylic acids is 1. The van der Waals surface area contributed by atoms with Crippen LogP contribution in [-0.2, 0) is 0 Å². The van der Waals surface area contributed by atoms with E-state index in [9.17, 15) is 4.79 Å². The predicted octanol–water partition coefficient (Wildman–Crippen LogP) is 3.53. The van der Waals surface area contributed by atoms with Crippen molar-refractivity contribution in [3.63, 3.8) is 0 Å². The molecular formula is C12H9BrO3. The molecule has 1 aromatic carbocycles. The van der Waals surface area contributed by atoms with Crippen LogP contribution >= 0.6 is 15.9 Å². The number of hydrogen-bond donors (Lipinski definition) is 0. The maximum absolute atomic E-state index is 11.0. The lowest BCUT2D eigenvalue weighted by molar-refractivity contribution is 0.112. The zero-order valence-corrected chi connectivity index (χ0v) is 10.2. The topological polar surface area (TPSA) is 39.4 Å². The first kappa shape index (κ1) is 11.0. The quantitative estimate of drug-likeness (QED) is 0.808. The lowest BCUT2D eigenvalue weighted by atomic mass is 10.1. The molecule has 0 N–H and O–H groups in total. The number of methoxy groups -OCH3 is 1. The van der Waals surface area contributed by atoms with E-state index >= 15 is 0 Å². The van der Waals surface area contributed by atoms with Crippen molar-refractivity contribution in [1.29, 1.82) is 0 Å². The van der Waals surface area contributed by atoms with E-state index in [4.69, 9.17) is 9.15 Å². The minimum absolute atomic E-state index is 0.537. The molecule has 0 fully saturated rings. The number of furan rings is 1. The van der Waals surface area contributed by atoms with Crippen molar-refractivity contribution in [2.75, 3.05) is 7.11 Å². The normalized spacial score (nSPS) is 10.1. The fourth-order valence-electron chi connectivity index (χ4n) is 1.46. The highest BCUT2D eigenvalue weighted by Crippen LogP contribution is 2.32. The van der Waals surface area contributed by atoms with Gasteiger partial charge in [0.05, 0.1) is 17.8 Å². The van der Waals surface area contributed by atoms with Gasteiger partial charge >= 0.3 is 0 Å². The summed E-state index contributed by atoms with van der Waals surface area (Å²) in [4.78, 5) is 11.0. The Kier molecular flexibility index (Phi) is 3.10. The molecule has 0 saturated carbocycles. The molecule has 0 aliphatic heterocycles. The summed E-state index contributed by atoms with van der Waals surface area (Å²) in [6, 6.07) is 7.05. The second kappa shape index (κ2) is 4.53. The van der Waals surface area contributed by atoms with Gasteiger partial charge in [0.15, 0.2) is 6.29 Å². The van der Waals surface area contributed by atoms with Gasteiger partial charge in [-0.15, -0.1) is 0 Å². The molecule has 2 aromatic rings. The first-order chi connectivity index (χ1) is 7.76. The average Bonchev–Trinajstić information content (AvgIpc) is 2.74. The van der Waals surface area contributed by atoms with E-state index in [2.05, 4.69) is 15.9 Å². The van der Waals surface area contributed by atoms with E-state index in [0.717, 1.165) is 16.3 Å². The number of carbonyl (C=O) groups is 1. The first-order valence-electron chi connectivity index (χ1n) is 4.63. The summed E-state index contributed by atoms with van der Waals surface area (Å²) in [7, 11) is 1.56. The molecule has 2 rings (SSSR count). The molecule has 0 spiro atoms. The Bertz CT molecular complexity index is 517. The van der Waals surface area contributed by atoms with Gasteiger partial charge in [0, 0.05) is 11.1 Å².